The van der Waals surface area contributed by atoms with Crippen molar-refractivity contribution in [3.63, 3.8) is 0 Å². The zero-order chi connectivity index (χ0) is 17.8. The lowest BCUT2D eigenvalue weighted by molar-refractivity contribution is -0.125. The molecule has 3 N–H and O–H groups in total. The Morgan fingerprint density at radius 2 is 2.28 bits per heavy atom. The molecule has 0 spiro atoms. The van der Waals surface area contributed by atoms with E-state index in [0.717, 1.165) is 25.7 Å². The Labute approximate surface area is 157 Å². The Kier molecular flexibility index (Phi) is 6.71. The van der Waals surface area contributed by atoms with Crippen molar-refractivity contribution in [2.75, 3.05) is 26.0 Å². The Morgan fingerprint density at radius 1 is 1.44 bits per heavy atom. The number of alkyl halides is 1. The molecule has 0 aromatic carbocycles. The molecule has 2 aliphatic heterocycles. The summed E-state index contributed by atoms with van der Waals surface area (Å²) in [5.41, 5.74) is 0. The van der Waals surface area contributed by atoms with Gasteiger partial charge in [0.15, 0.2) is 0 Å². The average molecular weight is 392 g/mol. The zero-order valence-corrected chi connectivity index (χ0v) is 15.9. The van der Waals surface area contributed by atoms with Crippen molar-refractivity contribution in [2.45, 2.75) is 54.7 Å². The van der Waals surface area contributed by atoms with E-state index >= 15 is 0 Å². The van der Waals surface area contributed by atoms with Gasteiger partial charge in [-0.1, -0.05) is 0 Å². The molecule has 2 heterocycles. The number of amides is 3. The second-order valence-corrected chi connectivity index (χ2v) is 8.50. The smallest absolute Gasteiger partial charge is 0.315 e. The van der Waals surface area contributed by atoms with Crippen LogP contribution >= 0.6 is 23.4 Å². The molecule has 3 fully saturated rings. The van der Waals surface area contributed by atoms with Crippen molar-refractivity contribution in [3.05, 3.63) is 0 Å². The van der Waals surface area contributed by atoms with E-state index in [1.165, 1.54) is 11.8 Å². The summed E-state index contributed by atoms with van der Waals surface area (Å²) in [6.07, 6.45) is 4.19. The molecule has 0 radical (unpaired) electrons. The molecule has 2 saturated heterocycles. The van der Waals surface area contributed by atoms with Gasteiger partial charge in [0.25, 0.3) is 0 Å². The minimum atomic E-state index is -0.249. The van der Waals surface area contributed by atoms with Crippen molar-refractivity contribution < 1.29 is 19.1 Å². The van der Waals surface area contributed by atoms with Crippen molar-refractivity contribution in [1.29, 1.82) is 0 Å². The lowest BCUT2D eigenvalue weighted by Gasteiger charge is -2.43. The van der Waals surface area contributed by atoms with Crippen LogP contribution in [-0.2, 0) is 14.3 Å². The molecular weight excluding hydrogens is 366 g/mol. The van der Waals surface area contributed by atoms with E-state index in [1.807, 2.05) is 0 Å². The highest BCUT2D eigenvalue weighted by molar-refractivity contribution is 8.00. The first-order valence-corrected chi connectivity index (χ1v) is 10.3. The number of urea groups is 1. The van der Waals surface area contributed by atoms with E-state index in [0.29, 0.717) is 19.1 Å². The number of rotatable bonds is 5. The average Bonchev–Trinajstić information content (AvgIpc) is 2.62. The van der Waals surface area contributed by atoms with E-state index < -0.39 is 0 Å². The summed E-state index contributed by atoms with van der Waals surface area (Å²) in [6, 6.07) is -0.0870. The molecule has 1 aliphatic carbocycles. The van der Waals surface area contributed by atoms with Gasteiger partial charge in [-0.2, -0.15) is 0 Å². The Hall–Kier alpha value is -0.700. The molecular formula is C16H26ClN3O4S. The fourth-order valence-corrected chi connectivity index (χ4v) is 5.12. The number of thioether (sulfide) groups is 1. The summed E-state index contributed by atoms with van der Waals surface area (Å²) in [4.78, 5) is 23.7. The maximum atomic E-state index is 12.4. The van der Waals surface area contributed by atoms with Gasteiger partial charge < -0.3 is 25.4 Å². The number of fused-ring (bicyclic) bond motifs is 1. The molecule has 7 nitrogen and oxygen atoms in total. The summed E-state index contributed by atoms with van der Waals surface area (Å²) < 4.78 is 11.4. The van der Waals surface area contributed by atoms with E-state index in [9.17, 15) is 9.59 Å². The highest BCUT2D eigenvalue weighted by Crippen LogP contribution is 2.35. The second kappa shape index (κ2) is 8.79. The van der Waals surface area contributed by atoms with Crippen LogP contribution in [0.4, 0.5) is 4.79 Å². The molecule has 0 aromatic rings. The number of halogens is 1. The highest BCUT2D eigenvalue weighted by Gasteiger charge is 2.39. The molecule has 142 valence electrons. The van der Waals surface area contributed by atoms with Crippen LogP contribution in [-0.4, -0.2) is 67.0 Å². The molecule has 9 heteroatoms. The van der Waals surface area contributed by atoms with Crippen LogP contribution in [0, 0.1) is 5.92 Å². The second-order valence-electron chi connectivity index (χ2n) is 6.81. The Bertz CT molecular complexity index is 498. The monoisotopic (exact) mass is 391 g/mol. The minimum Gasteiger partial charge on any atom is -0.381 e. The molecule has 0 aromatic heterocycles. The predicted molar refractivity (Wildman–Crippen MR) is 96.8 cm³/mol. The largest absolute Gasteiger partial charge is 0.381 e. The van der Waals surface area contributed by atoms with E-state index in [-0.39, 0.29) is 46.7 Å². The van der Waals surface area contributed by atoms with Crippen LogP contribution in [0.5, 0.6) is 0 Å². The summed E-state index contributed by atoms with van der Waals surface area (Å²) in [6.45, 7) is 1.08. The van der Waals surface area contributed by atoms with Gasteiger partial charge in [-0.3, -0.25) is 4.79 Å². The van der Waals surface area contributed by atoms with Crippen molar-refractivity contribution in [2.24, 2.45) is 5.92 Å². The predicted octanol–water partition coefficient (Wildman–Crippen LogP) is 1.05. The molecule has 1 saturated carbocycles. The van der Waals surface area contributed by atoms with Gasteiger partial charge in [0.2, 0.25) is 5.91 Å². The fourth-order valence-electron chi connectivity index (χ4n) is 3.85. The van der Waals surface area contributed by atoms with Crippen molar-refractivity contribution in [3.8, 4) is 0 Å². The molecule has 3 rings (SSSR count). The van der Waals surface area contributed by atoms with Crippen LogP contribution in [0.15, 0.2) is 0 Å². The van der Waals surface area contributed by atoms with E-state index in [4.69, 9.17) is 21.1 Å². The highest BCUT2D eigenvalue weighted by atomic mass is 35.5. The summed E-state index contributed by atoms with van der Waals surface area (Å²) in [5.74, 6) is 0.624. The third kappa shape index (κ3) is 4.93. The number of methoxy groups -OCH3 is 1. The third-order valence-electron chi connectivity index (χ3n) is 5.21. The van der Waals surface area contributed by atoms with Gasteiger partial charge in [0.1, 0.15) is 0 Å². The van der Waals surface area contributed by atoms with E-state index in [1.54, 1.807) is 7.11 Å². The summed E-state index contributed by atoms with van der Waals surface area (Å²) in [5, 5.41) is 8.07. The number of hydrogen-bond donors (Lipinski definition) is 3. The van der Waals surface area contributed by atoms with Crippen LogP contribution in [0.1, 0.15) is 25.7 Å². The van der Waals surface area contributed by atoms with Crippen LogP contribution in [0.2, 0.25) is 0 Å². The lowest BCUT2D eigenvalue weighted by atomic mass is 9.77. The molecule has 6 unspecified atom stereocenters. The lowest BCUT2D eigenvalue weighted by Crippen LogP contribution is -2.55. The Balaban J connectivity index is 1.46. The number of carbonyl (C=O) groups excluding carboxylic acids is 2. The number of hydrogen-bond acceptors (Lipinski definition) is 5. The number of ether oxygens (including phenoxy) is 2. The van der Waals surface area contributed by atoms with Crippen molar-refractivity contribution >= 4 is 35.3 Å². The molecule has 25 heavy (non-hydrogen) atoms. The van der Waals surface area contributed by atoms with Gasteiger partial charge >= 0.3 is 6.03 Å². The molecule has 6 atom stereocenters. The molecule has 3 amide bonds. The maximum Gasteiger partial charge on any atom is 0.315 e. The van der Waals surface area contributed by atoms with Crippen LogP contribution < -0.4 is 16.0 Å². The van der Waals surface area contributed by atoms with E-state index in [2.05, 4.69) is 16.0 Å². The van der Waals surface area contributed by atoms with Gasteiger partial charge in [0.05, 0.1) is 28.7 Å². The van der Waals surface area contributed by atoms with Gasteiger partial charge in [0, 0.05) is 38.6 Å². The topological polar surface area (TPSA) is 88.7 Å². The Morgan fingerprint density at radius 3 is 3.08 bits per heavy atom. The summed E-state index contributed by atoms with van der Waals surface area (Å²) in [7, 11) is 1.74. The first kappa shape index (κ1) is 19.1. The van der Waals surface area contributed by atoms with Crippen LogP contribution in [0.25, 0.3) is 0 Å². The fraction of sp³-hybridized carbons (Fsp3) is 0.875. The molecule has 0 bridgehead atoms. The summed E-state index contributed by atoms with van der Waals surface area (Å²) >= 11 is 7.56. The van der Waals surface area contributed by atoms with Crippen molar-refractivity contribution in [1.82, 2.24) is 16.0 Å². The normalized spacial score (nSPS) is 38.2. The SMILES string of the molecule is COC1CCC2C(NC(=O)CSC3NC(=O)NCC3Cl)CCOC2C1. The van der Waals surface area contributed by atoms with Gasteiger partial charge in [-0.05, 0) is 19.3 Å². The van der Waals surface area contributed by atoms with Gasteiger partial charge in [-0.15, -0.1) is 23.4 Å². The third-order valence-corrected chi connectivity index (χ3v) is 7.00. The van der Waals surface area contributed by atoms with Gasteiger partial charge in [-0.25, -0.2) is 4.79 Å². The standard InChI is InChI=1S/C16H26ClN3O4S/c1-23-9-2-3-10-12(4-5-24-13(10)6-9)19-14(21)8-25-15-11(17)7-18-16(22)20-15/h9-13,15H,2-8H2,1H3,(H,19,21)(H2,18,20,22). The maximum absolute atomic E-state index is 12.4. The zero-order valence-electron chi connectivity index (χ0n) is 14.3. The first-order chi connectivity index (χ1) is 12.1. The number of carbonyl (C=O) groups is 2. The first-order valence-electron chi connectivity index (χ1n) is 8.80. The quantitative estimate of drug-likeness (QED) is 0.610. The van der Waals surface area contributed by atoms with Crippen LogP contribution in [0.3, 0.4) is 0 Å². The molecule has 3 aliphatic rings. The number of nitrogens with one attached hydrogen (secondary N) is 3. The minimum absolute atomic E-state index is 0.0128.